The highest BCUT2D eigenvalue weighted by Gasteiger charge is 2.46. The van der Waals surface area contributed by atoms with Crippen molar-refractivity contribution in [3.63, 3.8) is 0 Å². The highest BCUT2D eigenvalue weighted by Crippen LogP contribution is 2.39. The van der Waals surface area contributed by atoms with E-state index in [1.54, 1.807) is 0 Å². The number of fused-ring (bicyclic) bond motifs is 1. The predicted molar refractivity (Wildman–Crippen MR) is 98.2 cm³/mol. The number of halogens is 1. The number of anilines is 1. The minimum absolute atomic E-state index is 0.0427. The molecule has 0 amide bonds. The molecule has 2 unspecified atom stereocenters. The van der Waals surface area contributed by atoms with E-state index in [0.717, 1.165) is 0 Å². The third-order valence-corrected chi connectivity index (χ3v) is 5.34. The van der Waals surface area contributed by atoms with Crippen LogP contribution in [0.1, 0.15) is 23.9 Å². The summed E-state index contributed by atoms with van der Waals surface area (Å²) in [5.74, 6) is -1.38. The summed E-state index contributed by atoms with van der Waals surface area (Å²) in [4.78, 5) is 21.4. The molecule has 1 aliphatic heterocycles. The number of hydrogen-bond acceptors (Lipinski definition) is 12. The third kappa shape index (κ3) is 3.74. The van der Waals surface area contributed by atoms with Crippen molar-refractivity contribution in [2.75, 3.05) is 12.3 Å². The lowest BCUT2D eigenvalue weighted by Crippen LogP contribution is -2.34. The molecule has 3 aromatic heterocycles. The van der Waals surface area contributed by atoms with Gasteiger partial charge in [0, 0.05) is 6.92 Å². The van der Waals surface area contributed by atoms with Gasteiger partial charge in [0.05, 0.1) is 12.9 Å². The molecule has 0 saturated carbocycles. The average molecular weight is 461 g/mol. The third-order valence-electron chi connectivity index (χ3n) is 4.40. The molecule has 4 rings (SSSR count). The van der Waals surface area contributed by atoms with Crippen molar-refractivity contribution in [2.24, 2.45) is 0 Å². The van der Waals surface area contributed by atoms with Gasteiger partial charge in [-0.1, -0.05) is 0 Å². The second-order valence-electron chi connectivity index (χ2n) is 6.40. The summed E-state index contributed by atoms with van der Waals surface area (Å²) in [7, 11) is -2.88. The van der Waals surface area contributed by atoms with Gasteiger partial charge < -0.3 is 29.8 Å². The van der Waals surface area contributed by atoms with E-state index in [2.05, 4.69) is 25.1 Å². The summed E-state index contributed by atoms with van der Waals surface area (Å²) < 4.78 is 29.2. The maximum Gasteiger partial charge on any atom is 0.548 e. The van der Waals surface area contributed by atoms with Crippen molar-refractivity contribution in [3.8, 4) is 0 Å². The molecule has 6 atom stereocenters. The summed E-state index contributed by atoms with van der Waals surface area (Å²) in [6, 6.07) is 0. The highest BCUT2D eigenvalue weighted by molar-refractivity contribution is 7.38. The number of aliphatic hydroxyl groups excluding tert-OH is 2. The zero-order valence-corrected chi connectivity index (χ0v) is 16.9. The van der Waals surface area contributed by atoms with Crippen LogP contribution in [-0.2, 0) is 14.0 Å². The minimum Gasteiger partial charge on any atom is -0.419 e. The lowest BCUT2D eigenvalue weighted by atomic mass is 10.1. The van der Waals surface area contributed by atoms with Crippen molar-refractivity contribution in [1.82, 2.24) is 29.7 Å². The molecule has 30 heavy (non-hydrogen) atoms. The van der Waals surface area contributed by atoms with Gasteiger partial charge in [-0.15, -0.1) is 10.2 Å². The van der Waals surface area contributed by atoms with Crippen molar-refractivity contribution in [3.05, 3.63) is 23.4 Å². The molecule has 0 aliphatic carbocycles. The molecule has 0 spiro atoms. The van der Waals surface area contributed by atoms with E-state index >= 15 is 0 Å². The number of imidazole rings is 1. The Hall–Kier alpha value is -2.32. The molecule has 14 nitrogen and oxygen atoms in total. The molecular formula is C14H16ClN7O7P+. The number of aryl methyl sites for hydroxylation is 1. The summed E-state index contributed by atoms with van der Waals surface area (Å²) in [5, 5.41) is 28.0. The number of nitrogens with zero attached hydrogens (tertiary/aromatic N) is 6. The fraction of sp³-hybridized carbons (Fsp3) is 0.500. The normalized spacial score (nSPS) is 25.7. The maximum absolute atomic E-state index is 11.6. The van der Waals surface area contributed by atoms with Gasteiger partial charge in [0.15, 0.2) is 17.7 Å². The number of nitrogens with two attached hydrogens (primary N) is 1. The number of nitrogen functional groups attached to an aromatic ring is 1. The predicted octanol–water partition coefficient (Wildman–Crippen LogP) is -0.177. The zero-order chi connectivity index (χ0) is 21.6. The van der Waals surface area contributed by atoms with Crippen LogP contribution in [-0.4, -0.2) is 69.7 Å². The Morgan fingerprint density at radius 1 is 1.37 bits per heavy atom. The van der Waals surface area contributed by atoms with E-state index in [-0.39, 0.29) is 40.7 Å². The fourth-order valence-corrected chi connectivity index (χ4v) is 3.70. The van der Waals surface area contributed by atoms with Crippen molar-refractivity contribution in [2.45, 2.75) is 37.3 Å². The van der Waals surface area contributed by atoms with E-state index in [0.29, 0.717) is 0 Å². The van der Waals surface area contributed by atoms with Crippen molar-refractivity contribution < 1.29 is 33.6 Å². The van der Waals surface area contributed by atoms with Gasteiger partial charge in [-0.05, 0) is 16.2 Å². The number of aliphatic hydroxyl groups is 2. The van der Waals surface area contributed by atoms with E-state index in [1.165, 1.54) is 17.8 Å². The first-order valence-electron chi connectivity index (χ1n) is 8.50. The van der Waals surface area contributed by atoms with Crippen LogP contribution in [0.4, 0.5) is 5.82 Å². The Morgan fingerprint density at radius 3 is 2.80 bits per heavy atom. The lowest BCUT2D eigenvalue weighted by Gasteiger charge is -2.16. The molecule has 4 heterocycles. The summed E-state index contributed by atoms with van der Waals surface area (Å²) in [5.41, 5.74) is 6.21. The van der Waals surface area contributed by atoms with Crippen molar-refractivity contribution in [1.29, 1.82) is 0 Å². The van der Waals surface area contributed by atoms with E-state index in [4.69, 9.17) is 31.2 Å². The summed E-state index contributed by atoms with van der Waals surface area (Å²) in [6.45, 7) is 1.16. The van der Waals surface area contributed by atoms with Gasteiger partial charge in [-0.2, -0.15) is 14.9 Å². The Morgan fingerprint density at radius 2 is 2.13 bits per heavy atom. The smallest absolute Gasteiger partial charge is 0.419 e. The quantitative estimate of drug-likeness (QED) is 0.278. The second kappa shape index (κ2) is 8.07. The second-order valence-corrected chi connectivity index (χ2v) is 7.81. The van der Waals surface area contributed by atoms with Gasteiger partial charge in [0.1, 0.15) is 23.8 Å². The van der Waals surface area contributed by atoms with E-state index < -0.39 is 38.4 Å². The van der Waals surface area contributed by atoms with Crippen LogP contribution in [0.25, 0.3) is 11.2 Å². The van der Waals surface area contributed by atoms with Crippen LogP contribution >= 0.6 is 19.6 Å². The van der Waals surface area contributed by atoms with Gasteiger partial charge in [0.25, 0.3) is 5.89 Å². The van der Waals surface area contributed by atoms with Crippen LogP contribution in [0.3, 0.4) is 0 Å². The Labute approximate surface area is 173 Å². The van der Waals surface area contributed by atoms with Gasteiger partial charge in [-0.25, -0.2) is 4.98 Å². The molecule has 16 heteroatoms. The molecule has 3 aromatic rings. The monoisotopic (exact) mass is 460 g/mol. The zero-order valence-electron chi connectivity index (χ0n) is 15.2. The topological polar surface area (TPSA) is 205 Å². The Kier molecular flexibility index (Phi) is 5.63. The highest BCUT2D eigenvalue weighted by atomic mass is 35.5. The van der Waals surface area contributed by atoms with E-state index in [1.807, 2.05) is 0 Å². The molecule has 1 saturated heterocycles. The van der Waals surface area contributed by atoms with Crippen LogP contribution in [0, 0.1) is 6.92 Å². The fourth-order valence-electron chi connectivity index (χ4n) is 3.02. The Balaban J connectivity index is 1.53. The molecule has 1 fully saturated rings. The molecule has 0 radical (unpaired) electrons. The SMILES string of the molecule is Cc1nnc(C(OC[C@H]2O[C@@H](n3cnc4c(N)nc(Cl)nc43)[C@H](O)[C@@H]2O)[P+](=O)O)o1. The first-order chi connectivity index (χ1) is 14.3. The Bertz CT molecular complexity index is 1090. The van der Waals surface area contributed by atoms with Crippen LogP contribution in [0.5, 0.6) is 0 Å². The lowest BCUT2D eigenvalue weighted by molar-refractivity contribution is -0.0736. The first-order valence-corrected chi connectivity index (χ1v) is 10.2. The molecule has 0 aromatic carbocycles. The number of hydrogen-bond donors (Lipinski definition) is 4. The van der Waals surface area contributed by atoms with Gasteiger partial charge in [0.2, 0.25) is 11.2 Å². The standard InChI is InChI=1S/C14H15ClN7O7P/c1-4-20-21-11(28-4)13(30(25)26)27-2-5-7(23)8(24)12(29-5)22-3-17-6-9(16)18-14(15)19-10(6)22/h3,5,7-8,12-13,23-24H,2H2,1H3,(H2-,16,18,19,25,26)/p+1/t5-,7-,8-,12-,13?/m1/s1. The summed E-state index contributed by atoms with van der Waals surface area (Å²) in [6.07, 6.45) is -3.62. The van der Waals surface area contributed by atoms with Crippen LogP contribution < -0.4 is 5.73 Å². The van der Waals surface area contributed by atoms with Gasteiger partial charge >= 0.3 is 13.9 Å². The summed E-state index contributed by atoms with van der Waals surface area (Å²) >= 11 is 5.84. The molecule has 5 N–H and O–H groups in total. The van der Waals surface area contributed by atoms with Gasteiger partial charge in [-0.3, -0.25) is 4.57 Å². The van der Waals surface area contributed by atoms with E-state index in [9.17, 15) is 19.7 Å². The number of aromatic nitrogens is 6. The van der Waals surface area contributed by atoms with Crippen LogP contribution in [0.15, 0.2) is 10.7 Å². The molecular weight excluding hydrogens is 445 g/mol. The number of ether oxygens (including phenoxy) is 2. The number of rotatable bonds is 6. The largest absolute Gasteiger partial charge is 0.548 e. The minimum atomic E-state index is -2.88. The van der Waals surface area contributed by atoms with Crippen molar-refractivity contribution >= 4 is 36.6 Å². The average Bonchev–Trinajstić information content (AvgIpc) is 3.36. The molecule has 160 valence electrons. The molecule has 0 bridgehead atoms. The maximum atomic E-state index is 11.6. The van der Waals surface area contributed by atoms with Crippen LogP contribution in [0.2, 0.25) is 5.28 Å². The first kappa shape index (κ1) is 20.9. The molecule has 1 aliphatic rings.